The van der Waals surface area contributed by atoms with Gasteiger partial charge in [-0.25, -0.2) is 4.79 Å². The fraction of sp³-hybridized carbons (Fsp3) is 0.588. The van der Waals surface area contributed by atoms with Gasteiger partial charge in [-0.15, -0.1) is 0 Å². The van der Waals surface area contributed by atoms with Crippen molar-refractivity contribution in [2.45, 2.75) is 32.2 Å². The van der Waals surface area contributed by atoms with Crippen molar-refractivity contribution < 1.29 is 9.53 Å². The Balaban J connectivity index is 3.14. The molecule has 1 unspecified atom stereocenters. The topological polar surface area (TPSA) is 41.6 Å². The molecule has 0 saturated carbocycles. The van der Waals surface area contributed by atoms with Gasteiger partial charge in [0.15, 0.2) is 5.54 Å². The number of carbonyl (C=O) groups excluding carboxylic acids is 1. The summed E-state index contributed by atoms with van der Waals surface area (Å²) in [6, 6.07) is 9.81. The van der Waals surface area contributed by atoms with Crippen molar-refractivity contribution in [2.75, 3.05) is 33.8 Å². The fourth-order valence-corrected chi connectivity index (χ4v) is 2.73. The Morgan fingerprint density at radius 3 is 2.19 bits per heavy atom. The lowest BCUT2D eigenvalue weighted by Crippen LogP contribution is -2.56. The number of benzene rings is 1. The highest BCUT2D eigenvalue weighted by Crippen LogP contribution is 2.24. The zero-order chi connectivity index (χ0) is 15.7. The summed E-state index contributed by atoms with van der Waals surface area (Å²) in [5.41, 5.74) is 0.122. The van der Waals surface area contributed by atoms with Crippen molar-refractivity contribution in [2.24, 2.45) is 0 Å². The van der Waals surface area contributed by atoms with Crippen LogP contribution in [0.15, 0.2) is 30.3 Å². The van der Waals surface area contributed by atoms with Gasteiger partial charge in [0, 0.05) is 6.54 Å². The molecule has 0 radical (unpaired) electrons. The lowest BCUT2D eigenvalue weighted by molar-refractivity contribution is -0.150. The van der Waals surface area contributed by atoms with E-state index in [-0.39, 0.29) is 5.97 Å². The van der Waals surface area contributed by atoms with E-state index in [1.807, 2.05) is 37.4 Å². The number of carbonyl (C=O) groups is 1. The molecule has 0 aliphatic rings. The maximum absolute atomic E-state index is 12.5. The Hall–Kier alpha value is -1.39. The van der Waals surface area contributed by atoms with Crippen LogP contribution in [0.4, 0.5) is 0 Å². The normalized spacial score (nSPS) is 14.0. The van der Waals surface area contributed by atoms with E-state index in [2.05, 4.69) is 24.1 Å². The van der Waals surface area contributed by atoms with Crippen molar-refractivity contribution in [3.05, 3.63) is 35.9 Å². The first-order chi connectivity index (χ1) is 10.1. The van der Waals surface area contributed by atoms with E-state index in [9.17, 15) is 4.79 Å². The van der Waals surface area contributed by atoms with E-state index < -0.39 is 5.54 Å². The minimum atomic E-state index is -0.819. The van der Waals surface area contributed by atoms with Crippen LogP contribution in [0, 0.1) is 0 Å². The molecule has 21 heavy (non-hydrogen) atoms. The van der Waals surface area contributed by atoms with Crippen LogP contribution >= 0.6 is 0 Å². The fourth-order valence-electron chi connectivity index (χ4n) is 2.73. The molecule has 0 spiro atoms. The van der Waals surface area contributed by atoms with E-state index in [1.165, 1.54) is 7.11 Å². The third-order valence-electron chi connectivity index (χ3n) is 3.77. The molecule has 0 bridgehead atoms. The van der Waals surface area contributed by atoms with Crippen molar-refractivity contribution in [3.63, 3.8) is 0 Å². The Morgan fingerprint density at radius 2 is 1.76 bits per heavy atom. The molecule has 0 heterocycles. The number of esters is 1. The van der Waals surface area contributed by atoms with Crippen molar-refractivity contribution in [1.82, 2.24) is 10.2 Å². The Morgan fingerprint density at radius 1 is 1.19 bits per heavy atom. The summed E-state index contributed by atoms with van der Waals surface area (Å²) in [5, 5.41) is 3.21. The standard InChI is InChI=1S/C17H28N2O2/c1-5-12-19(13-6-2)14-17(18-3,16(20)21-4)15-10-8-7-9-11-15/h7-11,18H,5-6,12-14H2,1-4H3. The molecule has 0 aromatic heterocycles. The highest BCUT2D eigenvalue weighted by Gasteiger charge is 2.41. The van der Waals surface area contributed by atoms with Crippen molar-refractivity contribution in [1.29, 1.82) is 0 Å². The van der Waals surface area contributed by atoms with Crippen LogP contribution in [0.1, 0.15) is 32.3 Å². The predicted molar refractivity (Wildman–Crippen MR) is 86.2 cm³/mol. The largest absolute Gasteiger partial charge is 0.467 e. The molecule has 1 aromatic rings. The molecule has 118 valence electrons. The maximum atomic E-state index is 12.5. The SMILES string of the molecule is CCCN(CCC)CC(NC)(C(=O)OC)c1ccccc1. The number of hydrogen-bond acceptors (Lipinski definition) is 4. The van der Waals surface area contributed by atoms with Crippen LogP contribution in [-0.4, -0.2) is 44.7 Å². The predicted octanol–water partition coefficient (Wildman–Crippen LogP) is 2.40. The van der Waals surface area contributed by atoms with Gasteiger partial charge >= 0.3 is 5.97 Å². The number of nitrogens with one attached hydrogen (secondary N) is 1. The van der Waals surface area contributed by atoms with Gasteiger partial charge in [0.05, 0.1) is 7.11 Å². The van der Waals surface area contributed by atoms with Gasteiger partial charge in [0.2, 0.25) is 0 Å². The zero-order valence-electron chi connectivity index (χ0n) is 13.7. The van der Waals surface area contributed by atoms with Gasteiger partial charge in [0.25, 0.3) is 0 Å². The van der Waals surface area contributed by atoms with Crippen molar-refractivity contribution >= 4 is 5.97 Å². The molecular formula is C17H28N2O2. The Kier molecular flexibility index (Phi) is 7.40. The van der Waals surface area contributed by atoms with Gasteiger partial charge in [0.1, 0.15) is 0 Å². The zero-order valence-corrected chi connectivity index (χ0v) is 13.7. The summed E-state index contributed by atoms with van der Waals surface area (Å²) >= 11 is 0. The lowest BCUT2D eigenvalue weighted by atomic mass is 9.89. The van der Waals surface area contributed by atoms with E-state index in [1.54, 1.807) is 0 Å². The molecule has 4 heteroatoms. The quantitative estimate of drug-likeness (QED) is 0.710. The molecule has 1 aromatic carbocycles. The second-order valence-electron chi connectivity index (χ2n) is 5.29. The molecule has 1 N–H and O–H groups in total. The minimum Gasteiger partial charge on any atom is -0.467 e. The maximum Gasteiger partial charge on any atom is 0.332 e. The average molecular weight is 292 g/mol. The second-order valence-corrected chi connectivity index (χ2v) is 5.29. The van der Waals surface area contributed by atoms with Crippen LogP contribution in [0.25, 0.3) is 0 Å². The number of ether oxygens (including phenoxy) is 1. The molecule has 0 aliphatic heterocycles. The highest BCUT2D eigenvalue weighted by atomic mass is 16.5. The van der Waals surface area contributed by atoms with Gasteiger partial charge < -0.3 is 15.0 Å². The van der Waals surface area contributed by atoms with Crippen LogP contribution in [0.5, 0.6) is 0 Å². The number of nitrogens with zero attached hydrogens (tertiary/aromatic N) is 1. The summed E-state index contributed by atoms with van der Waals surface area (Å²) in [7, 11) is 3.27. The molecular weight excluding hydrogens is 264 g/mol. The number of methoxy groups -OCH3 is 1. The Labute approximate surface area is 128 Å². The van der Waals surface area contributed by atoms with Crippen LogP contribution in [-0.2, 0) is 15.1 Å². The van der Waals surface area contributed by atoms with Crippen LogP contribution in [0.2, 0.25) is 0 Å². The molecule has 1 rings (SSSR count). The second kappa shape index (κ2) is 8.80. The van der Waals surface area contributed by atoms with Gasteiger partial charge in [-0.2, -0.15) is 0 Å². The first-order valence-electron chi connectivity index (χ1n) is 7.69. The highest BCUT2D eigenvalue weighted by molar-refractivity contribution is 5.83. The summed E-state index contributed by atoms with van der Waals surface area (Å²) in [6.45, 7) is 6.87. The third-order valence-corrected chi connectivity index (χ3v) is 3.77. The summed E-state index contributed by atoms with van der Waals surface area (Å²) in [5.74, 6) is -0.242. The van der Waals surface area contributed by atoms with Crippen LogP contribution < -0.4 is 5.32 Å². The first kappa shape index (κ1) is 17.7. The molecule has 1 atom stereocenters. The molecule has 4 nitrogen and oxygen atoms in total. The third kappa shape index (κ3) is 4.29. The van der Waals surface area contributed by atoms with E-state index in [4.69, 9.17) is 4.74 Å². The smallest absolute Gasteiger partial charge is 0.332 e. The van der Waals surface area contributed by atoms with Crippen LogP contribution in [0.3, 0.4) is 0 Å². The monoisotopic (exact) mass is 292 g/mol. The van der Waals surface area contributed by atoms with Gasteiger partial charge in [-0.3, -0.25) is 0 Å². The van der Waals surface area contributed by atoms with E-state index >= 15 is 0 Å². The van der Waals surface area contributed by atoms with E-state index in [0.717, 1.165) is 31.5 Å². The minimum absolute atomic E-state index is 0.242. The lowest BCUT2D eigenvalue weighted by Gasteiger charge is -2.36. The first-order valence-corrected chi connectivity index (χ1v) is 7.69. The Bertz CT molecular complexity index is 416. The van der Waals surface area contributed by atoms with Gasteiger partial charge in [-0.1, -0.05) is 44.2 Å². The summed E-state index contributed by atoms with van der Waals surface area (Å²) < 4.78 is 5.09. The molecule has 0 saturated heterocycles. The van der Waals surface area contributed by atoms with Gasteiger partial charge in [-0.05, 0) is 38.5 Å². The number of hydrogen-bond donors (Lipinski definition) is 1. The summed E-state index contributed by atoms with van der Waals surface area (Å²) in [4.78, 5) is 14.8. The van der Waals surface area contributed by atoms with Crippen molar-refractivity contribution in [3.8, 4) is 0 Å². The van der Waals surface area contributed by atoms with E-state index in [0.29, 0.717) is 6.54 Å². The molecule has 0 amide bonds. The summed E-state index contributed by atoms with van der Waals surface area (Å²) in [6.07, 6.45) is 2.13. The average Bonchev–Trinajstić information content (AvgIpc) is 2.53. The molecule has 0 aliphatic carbocycles. The number of rotatable bonds is 9. The molecule has 0 fully saturated rings. The number of likely N-dealkylation sites (N-methyl/N-ethyl adjacent to an activating group) is 1.